The fourth-order valence-corrected chi connectivity index (χ4v) is 2.40. The molecule has 0 bridgehead atoms. The Hall–Kier alpha value is -2.63. The Bertz CT molecular complexity index is 631. The molecule has 116 valence electrons. The number of pyridine rings is 1. The third-order valence-corrected chi connectivity index (χ3v) is 3.57. The Morgan fingerprint density at radius 3 is 2.32 bits per heavy atom. The van der Waals surface area contributed by atoms with Crippen LogP contribution in [0.15, 0.2) is 36.7 Å². The summed E-state index contributed by atoms with van der Waals surface area (Å²) in [6.07, 6.45) is 3.38. The van der Waals surface area contributed by atoms with Crippen LogP contribution in [0.4, 0.5) is 0 Å². The van der Waals surface area contributed by atoms with E-state index in [9.17, 15) is 9.59 Å². The predicted octanol–water partition coefficient (Wildman–Crippen LogP) is 1.54. The maximum absolute atomic E-state index is 12.4. The zero-order chi connectivity index (χ0) is 16.2. The molecule has 0 aliphatic rings. The van der Waals surface area contributed by atoms with E-state index < -0.39 is 17.4 Å². The van der Waals surface area contributed by atoms with Crippen LogP contribution < -0.4 is 0 Å². The topological polar surface area (TPSA) is 81.3 Å². The molecular weight excluding hydrogens is 284 g/mol. The van der Waals surface area contributed by atoms with Gasteiger partial charge in [0, 0.05) is 30.2 Å². The van der Waals surface area contributed by atoms with Crippen LogP contribution in [0.3, 0.4) is 0 Å². The number of esters is 2. The smallest absolute Gasteiger partial charge is 0.329 e. The average Bonchev–Trinajstić information content (AvgIpc) is 3.07. The molecule has 22 heavy (non-hydrogen) atoms. The van der Waals surface area contributed by atoms with E-state index >= 15 is 0 Å². The van der Waals surface area contributed by atoms with Crippen LogP contribution in [0.2, 0.25) is 0 Å². The van der Waals surface area contributed by atoms with Crippen molar-refractivity contribution < 1.29 is 19.1 Å². The van der Waals surface area contributed by atoms with Gasteiger partial charge in [-0.15, -0.1) is 0 Å². The molecule has 0 radical (unpaired) electrons. The van der Waals surface area contributed by atoms with Crippen molar-refractivity contribution in [3.05, 3.63) is 53.6 Å². The molecule has 0 fully saturated rings. The highest BCUT2D eigenvalue weighted by molar-refractivity contribution is 6.06. The summed E-state index contributed by atoms with van der Waals surface area (Å²) in [5.74, 6) is -1.36. The number of carbonyl (C=O) groups excluding carboxylic acids is 2. The summed E-state index contributed by atoms with van der Waals surface area (Å²) in [6.45, 7) is 1.86. The fraction of sp³-hybridized carbons (Fsp3) is 0.312. The monoisotopic (exact) mass is 302 g/mol. The van der Waals surface area contributed by atoms with Gasteiger partial charge in [0.1, 0.15) is 0 Å². The van der Waals surface area contributed by atoms with Gasteiger partial charge in [0.25, 0.3) is 0 Å². The third kappa shape index (κ3) is 2.72. The van der Waals surface area contributed by atoms with Crippen molar-refractivity contribution in [1.29, 1.82) is 0 Å². The van der Waals surface area contributed by atoms with Crippen LogP contribution in [0.5, 0.6) is 0 Å². The lowest BCUT2D eigenvalue weighted by Crippen LogP contribution is -2.47. The van der Waals surface area contributed by atoms with Crippen molar-refractivity contribution in [2.75, 3.05) is 14.2 Å². The van der Waals surface area contributed by atoms with E-state index in [2.05, 4.69) is 9.97 Å². The maximum Gasteiger partial charge on any atom is 0.329 e. The zero-order valence-electron chi connectivity index (χ0n) is 12.8. The van der Waals surface area contributed by atoms with Crippen molar-refractivity contribution in [2.24, 2.45) is 0 Å². The van der Waals surface area contributed by atoms with Crippen molar-refractivity contribution >= 4 is 11.9 Å². The van der Waals surface area contributed by atoms with Gasteiger partial charge in [0.2, 0.25) is 5.41 Å². The van der Waals surface area contributed by atoms with Crippen LogP contribution in [0.1, 0.15) is 17.0 Å². The van der Waals surface area contributed by atoms with Gasteiger partial charge in [-0.2, -0.15) is 0 Å². The van der Waals surface area contributed by atoms with E-state index in [0.29, 0.717) is 5.69 Å². The first kappa shape index (κ1) is 15.8. The van der Waals surface area contributed by atoms with E-state index in [1.54, 1.807) is 24.5 Å². The minimum Gasteiger partial charge on any atom is -0.468 e. The lowest BCUT2D eigenvalue weighted by Gasteiger charge is -2.27. The Morgan fingerprint density at radius 2 is 1.86 bits per heavy atom. The molecule has 6 nitrogen and oxygen atoms in total. The molecule has 0 saturated heterocycles. The molecule has 0 aliphatic heterocycles. The molecular formula is C16H18N2O4. The fourth-order valence-electron chi connectivity index (χ4n) is 2.40. The molecule has 6 heteroatoms. The van der Waals surface area contributed by atoms with Crippen LogP contribution in [0.25, 0.3) is 0 Å². The number of nitrogens with zero attached hydrogens (tertiary/aromatic N) is 1. The lowest BCUT2D eigenvalue weighted by atomic mass is 9.78. The number of aromatic amines is 1. The summed E-state index contributed by atoms with van der Waals surface area (Å²) < 4.78 is 9.76. The lowest BCUT2D eigenvalue weighted by molar-refractivity contribution is -0.162. The first-order valence-corrected chi connectivity index (χ1v) is 6.77. The molecule has 2 aromatic heterocycles. The quantitative estimate of drug-likeness (QED) is 0.669. The van der Waals surface area contributed by atoms with Gasteiger partial charge in [-0.25, -0.2) is 0 Å². The number of rotatable bonds is 5. The molecule has 0 saturated carbocycles. The first-order chi connectivity index (χ1) is 10.5. The van der Waals surface area contributed by atoms with E-state index in [-0.39, 0.29) is 6.42 Å². The van der Waals surface area contributed by atoms with Crippen molar-refractivity contribution in [2.45, 2.75) is 18.8 Å². The van der Waals surface area contributed by atoms with E-state index in [1.807, 2.05) is 19.1 Å². The van der Waals surface area contributed by atoms with E-state index in [1.165, 1.54) is 14.2 Å². The molecule has 0 unspecified atom stereocenters. The van der Waals surface area contributed by atoms with Gasteiger partial charge >= 0.3 is 11.9 Å². The van der Waals surface area contributed by atoms with E-state index in [4.69, 9.17) is 9.47 Å². The Morgan fingerprint density at radius 1 is 1.18 bits per heavy atom. The van der Waals surface area contributed by atoms with Crippen LogP contribution in [0, 0.1) is 6.92 Å². The standard InChI is InChI=1S/C16H18N2O4/c1-11-6-7-12(10-18-11)9-16(14(19)21-2,15(20)22-3)13-5-4-8-17-13/h4-8,10,17H,9H2,1-3H3. The zero-order valence-corrected chi connectivity index (χ0v) is 12.8. The molecule has 0 amide bonds. The molecule has 0 spiro atoms. The maximum atomic E-state index is 12.4. The second-order valence-corrected chi connectivity index (χ2v) is 4.96. The summed E-state index contributed by atoms with van der Waals surface area (Å²) in [4.78, 5) is 32.0. The molecule has 0 aromatic carbocycles. The predicted molar refractivity (Wildman–Crippen MR) is 79.2 cm³/mol. The van der Waals surface area contributed by atoms with Gasteiger partial charge in [0.15, 0.2) is 0 Å². The Kier molecular flexibility index (Phi) is 4.60. The van der Waals surface area contributed by atoms with Crippen LogP contribution in [-0.2, 0) is 30.9 Å². The SMILES string of the molecule is COC(=O)C(Cc1ccc(C)nc1)(C(=O)OC)c1ccc[nH]1. The normalized spacial score (nSPS) is 11.0. The van der Waals surface area contributed by atoms with Crippen molar-refractivity contribution in [3.8, 4) is 0 Å². The van der Waals surface area contributed by atoms with Gasteiger partial charge < -0.3 is 14.5 Å². The molecule has 0 aliphatic carbocycles. The summed E-state index contributed by atoms with van der Waals surface area (Å²) in [5.41, 5.74) is 0.428. The molecule has 1 N–H and O–H groups in total. The van der Waals surface area contributed by atoms with Gasteiger partial charge in [-0.05, 0) is 30.7 Å². The number of carbonyl (C=O) groups is 2. The number of aromatic nitrogens is 2. The minimum atomic E-state index is -1.58. The van der Waals surface area contributed by atoms with Gasteiger partial charge in [-0.1, -0.05) is 6.07 Å². The summed E-state index contributed by atoms with van der Waals surface area (Å²) >= 11 is 0. The number of hydrogen-bond donors (Lipinski definition) is 1. The highest BCUT2D eigenvalue weighted by Gasteiger charge is 2.51. The minimum absolute atomic E-state index is 0.0974. The van der Waals surface area contributed by atoms with Crippen LogP contribution >= 0.6 is 0 Å². The first-order valence-electron chi connectivity index (χ1n) is 6.77. The summed E-state index contributed by atoms with van der Waals surface area (Å²) in [7, 11) is 2.49. The number of ether oxygens (including phenoxy) is 2. The molecule has 2 heterocycles. The van der Waals surface area contributed by atoms with Crippen LogP contribution in [-0.4, -0.2) is 36.1 Å². The summed E-state index contributed by atoms with van der Waals surface area (Å²) in [5, 5.41) is 0. The highest BCUT2D eigenvalue weighted by Crippen LogP contribution is 2.30. The molecule has 2 rings (SSSR count). The van der Waals surface area contributed by atoms with Crippen molar-refractivity contribution in [3.63, 3.8) is 0 Å². The van der Waals surface area contributed by atoms with Gasteiger partial charge in [0.05, 0.1) is 14.2 Å². The summed E-state index contributed by atoms with van der Waals surface area (Å²) in [6, 6.07) is 7.02. The van der Waals surface area contributed by atoms with Crippen molar-refractivity contribution in [1.82, 2.24) is 9.97 Å². The molecule has 2 aromatic rings. The second-order valence-electron chi connectivity index (χ2n) is 4.96. The number of aryl methyl sites for hydroxylation is 1. The second kappa shape index (κ2) is 6.43. The third-order valence-electron chi connectivity index (χ3n) is 3.57. The number of methoxy groups -OCH3 is 2. The Labute approximate surface area is 128 Å². The number of H-pyrrole nitrogens is 1. The number of hydrogen-bond acceptors (Lipinski definition) is 5. The average molecular weight is 302 g/mol. The van der Waals surface area contributed by atoms with Gasteiger partial charge in [-0.3, -0.25) is 14.6 Å². The Balaban J connectivity index is 2.54. The molecule has 0 atom stereocenters. The number of nitrogens with one attached hydrogen (secondary N) is 1. The highest BCUT2D eigenvalue weighted by atomic mass is 16.5. The largest absolute Gasteiger partial charge is 0.468 e. The van der Waals surface area contributed by atoms with E-state index in [0.717, 1.165) is 11.3 Å².